The maximum absolute atomic E-state index is 13.7. The summed E-state index contributed by atoms with van der Waals surface area (Å²) < 4.78 is 12.0. The van der Waals surface area contributed by atoms with Crippen LogP contribution in [0, 0.1) is 0 Å². The number of fused-ring (bicyclic) bond motifs is 1. The number of carbonyl (C=O) groups is 3. The summed E-state index contributed by atoms with van der Waals surface area (Å²) in [4.78, 5) is 45.5. The minimum atomic E-state index is -0.252. The number of amides is 3. The summed E-state index contributed by atoms with van der Waals surface area (Å²) in [7, 11) is 1.60. The van der Waals surface area contributed by atoms with Gasteiger partial charge in [-0.25, -0.2) is 4.98 Å². The van der Waals surface area contributed by atoms with Crippen molar-refractivity contribution < 1.29 is 23.9 Å². The van der Waals surface area contributed by atoms with Gasteiger partial charge < -0.3 is 9.47 Å². The van der Waals surface area contributed by atoms with Gasteiger partial charge in [0.15, 0.2) is 5.13 Å². The lowest BCUT2D eigenvalue weighted by Crippen LogP contribution is -2.37. The molecular weight excluding hydrogens is 442 g/mol. The van der Waals surface area contributed by atoms with Crippen LogP contribution in [0.25, 0.3) is 10.2 Å². The summed E-state index contributed by atoms with van der Waals surface area (Å²) in [5.74, 6) is -0.0525. The Bertz CT molecular complexity index is 1220. The second-order valence-electron chi connectivity index (χ2n) is 8.05. The number of benzene rings is 2. The first kappa shape index (κ1) is 21.5. The van der Waals surface area contributed by atoms with E-state index in [0.29, 0.717) is 35.3 Å². The van der Waals surface area contributed by atoms with Crippen molar-refractivity contribution in [3.05, 3.63) is 48.0 Å². The van der Waals surface area contributed by atoms with Crippen LogP contribution in [0.4, 0.5) is 10.8 Å². The van der Waals surface area contributed by atoms with E-state index in [0.717, 1.165) is 28.0 Å². The molecule has 2 aliphatic heterocycles. The van der Waals surface area contributed by atoms with Crippen LogP contribution in [-0.2, 0) is 14.3 Å². The number of ether oxygens (including phenoxy) is 2. The fourth-order valence-electron chi connectivity index (χ4n) is 4.18. The van der Waals surface area contributed by atoms with Gasteiger partial charge in [0.05, 0.1) is 35.7 Å². The van der Waals surface area contributed by atoms with Gasteiger partial charge in [0.25, 0.3) is 5.91 Å². The Hall–Kier alpha value is -3.30. The third-order valence-corrected chi connectivity index (χ3v) is 6.93. The average Bonchev–Trinajstić information content (AvgIpc) is 3.56. The van der Waals surface area contributed by atoms with Gasteiger partial charge in [-0.05, 0) is 43.2 Å². The molecule has 5 rings (SSSR count). The van der Waals surface area contributed by atoms with Gasteiger partial charge >= 0.3 is 0 Å². The highest BCUT2D eigenvalue weighted by Crippen LogP contribution is 2.33. The molecule has 0 radical (unpaired) electrons. The maximum Gasteiger partial charge on any atom is 0.260 e. The zero-order chi connectivity index (χ0) is 22.9. The minimum absolute atomic E-state index is 0.0691. The number of methoxy groups -OCH3 is 1. The first-order chi connectivity index (χ1) is 16.0. The molecule has 170 valence electrons. The molecule has 2 saturated heterocycles. The fraction of sp³-hybridized carbons (Fsp3) is 0.333. The van der Waals surface area contributed by atoms with Gasteiger partial charge in [0, 0.05) is 31.1 Å². The molecular formula is C24H23N3O5S. The number of nitrogens with zero attached hydrogens (tertiary/aromatic N) is 3. The average molecular weight is 466 g/mol. The summed E-state index contributed by atoms with van der Waals surface area (Å²) in [6, 6.07) is 12.3. The van der Waals surface area contributed by atoms with Crippen molar-refractivity contribution in [1.29, 1.82) is 0 Å². The Morgan fingerprint density at radius 1 is 1.21 bits per heavy atom. The standard InChI is InChI=1S/C24H23N3O5S/c1-31-17-7-8-20-19(13-17)25-24(33-20)26(14-18-6-3-11-32-18)23(30)15-4-2-5-16(12-15)27-21(28)9-10-22(27)29/h2,4-5,7-8,12-13,18H,3,6,9-11,14H2,1H3. The topological polar surface area (TPSA) is 89.0 Å². The zero-order valence-electron chi connectivity index (χ0n) is 18.2. The number of hydrogen-bond acceptors (Lipinski definition) is 7. The van der Waals surface area contributed by atoms with Crippen molar-refractivity contribution in [3.8, 4) is 5.75 Å². The molecule has 8 nitrogen and oxygen atoms in total. The van der Waals surface area contributed by atoms with Crippen molar-refractivity contribution in [1.82, 2.24) is 4.98 Å². The minimum Gasteiger partial charge on any atom is -0.497 e. The monoisotopic (exact) mass is 465 g/mol. The molecule has 9 heteroatoms. The third-order valence-electron chi connectivity index (χ3n) is 5.87. The Morgan fingerprint density at radius 2 is 2.03 bits per heavy atom. The molecule has 1 atom stereocenters. The Balaban J connectivity index is 1.50. The Morgan fingerprint density at radius 3 is 2.76 bits per heavy atom. The Kier molecular flexibility index (Phi) is 5.82. The Labute approximate surface area is 194 Å². The maximum atomic E-state index is 13.7. The smallest absolute Gasteiger partial charge is 0.260 e. The van der Waals surface area contributed by atoms with Gasteiger partial charge in [-0.15, -0.1) is 0 Å². The van der Waals surface area contributed by atoms with Gasteiger partial charge in [0.1, 0.15) is 5.75 Å². The normalized spacial score (nSPS) is 18.3. The van der Waals surface area contributed by atoms with Crippen LogP contribution < -0.4 is 14.5 Å². The summed E-state index contributed by atoms with van der Waals surface area (Å²) in [6.45, 7) is 1.06. The number of hydrogen-bond donors (Lipinski definition) is 0. The highest BCUT2D eigenvalue weighted by atomic mass is 32.1. The predicted octanol–water partition coefficient (Wildman–Crippen LogP) is 3.78. The van der Waals surface area contributed by atoms with Crippen LogP contribution in [0.1, 0.15) is 36.0 Å². The van der Waals surface area contributed by atoms with E-state index in [9.17, 15) is 14.4 Å². The largest absolute Gasteiger partial charge is 0.497 e. The van der Waals surface area contributed by atoms with E-state index in [1.54, 1.807) is 36.3 Å². The molecule has 3 aromatic rings. The molecule has 1 unspecified atom stereocenters. The highest BCUT2D eigenvalue weighted by molar-refractivity contribution is 7.22. The second kappa shape index (κ2) is 8.92. The molecule has 2 aromatic carbocycles. The number of aromatic nitrogens is 1. The molecule has 2 fully saturated rings. The molecule has 33 heavy (non-hydrogen) atoms. The quantitative estimate of drug-likeness (QED) is 0.515. The number of anilines is 2. The predicted molar refractivity (Wildman–Crippen MR) is 125 cm³/mol. The highest BCUT2D eigenvalue weighted by Gasteiger charge is 2.32. The number of thiazole rings is 1. The van der Waals surface area contributed by atoms with Gasteiger partial charge in [-0.2, -0.15) is 0 Å². The van der Waals surface area contributed by atoms with E-state index in [-0.39, 0.29) is 36.7 Å². The van der Waals surface area contributed by atoms with Crippen molar-refractivity contribution >= 4 is 50.1 Å². The lowest BCUT2D eigenvalue weighted by molar-refractivity contribution is -0.121. The fourth-order valence-corrected chi connectivity index (χ4v) is 5.13. The molecule has 3 amide bonds. The summed E-state index contributed by atoms with van der Waals surface area (Å²) in [6.07, 6.45) is 2.15. The van der Waals surface area contributed by atoms with Gasteiger partial charge in [-0.1, -0.05) is 17.4 Å². The van der Waals surface area contributed by atoms with Crippen molar-refractivity contribution in [2.75, 3.05) is 30.1 Å². The summed E-state index contributed by atoms with van der Waals surface area (Å²) >= 11 is 1.43. The van der Waals surface area contributed by atoms with Gasteiger partial charge in [-0.3, -0.25) is 24.2 Å². The molecule has 1 aromatic heterocycles. The van der Waals surface area contributed by atoms with Crippen molar-refractivity contribution in [2.45, 2.75) is 31.8 Å². The number of imide groups is 1. The summed E-state index contributed by atoms with van der Waals surface area (Å²) in [5, 5.41) is 0.567. The molecule has 0 N–H and O–H groups in total. The lowest BCUT2D eigenvalue weighted by atomic mass is 10.1. The van der Waals surface area contributed by atoms with Crippen LogP contribution in [0.3, 0.4) is 0 Å². The molecule has 0 bridgehead atoms. The molecule has 0 aliphatic carbocycles. The van der Waals surface area contributed by atoms with Crippen molar-refractivity contribution in [2.24, 2.45) is 0 Å². The number of carbonyl (C=O) groups excluding carboxylic acids is 3. The molecule has 3 heterocycles. The lowest BCUT2D eigenvalue weighted by Gasteiger charge is -2.23. The first-order valence-corrected chi connectivity index (χ1v) is 11.7. The van der Waals surface area contributed by atoms with Gasteiger partial charge in [0.2, 0.25) is 11.8 Å². The molecule has 2 aliphatic rings. The van der Waals surface area contributed by atoms with E-state index >= 15 is 0 Å². The number of rotatable bonds is 6. The third kappa shape index (κ3) is 4.21. The molecule has 0 saturated carbocycles. The summed E-state index contributed by atoms with van der Waals surface area (Å²) in [5.41, 5.74) is 1.55. The zero-order valence-corrected chi connectivity index (χ0v) is 19.0. The first-order valence-electron chi connectivity index (χ1n) is 10.9. The van der Waals surface area contributed by atoms with Crippen LogP contribution >= 0.6 is 11.3 Å². The van der Waals surface area contributed by atoms with E-state index in [1.165, 1.54) is 11.3 Å². The van der Waals surface area contributed by atoms with Crippen LogP contribution in [0.15, 0.2) is 42.5 Å². The van der Waals surface area contributed by atoms with E-state index in [4.69, 9.17) is 14.5 Å². The molecule has 0 spiro atoms. The SMILES string of the molecule is COc1ccc2sc(N(CC3CCCO3)C(=O)c3cccc(N4C(=O)CCC4=O)c3)nc2c1. The van der Waals surface area contributed by atoms with E-state index in [1.807, 2.05) is 18.2 Å². The van der Waals surface area contributed by atoms with Crippen LogP contribution in [-0.4, -0.2) is 49.1 Å². The second-order valence-corrected chi connectivity index (χ2v) is 9.06. The van der Waals surface area contributed by atoms with Crippen molar-refractivity contribution in [3.63, 3.8) is 0 Å². The van der Waals surface area contributed by atoms with Crippen LogP contribution in [0.5, 0.6) is 5.75 Å². The van der Waals surface area contributed by atoms with Crippen LogP contribution in [0.2, 0.25) is 0 Å². The van der Waals surface area contributed by atoms with E-state index in [2.05, 4.69) is 0 Å². The van der Waals surface area contributed by atoms with E-state index < -0.39 is 0 Å².